The van der Waals surface area contributed by atoms with E-state index in [0.717, 1.165) is 5.56 Å². The van der Waals surface area contributed by atoms with Crippen LogP contribution in [-0.4, -0.2) is 144 Å². The summed E-state index contributed by atoms with van der Waals surface area (Å²) in [6.45, 7) is 23.2. The van der Waals surface area contributed by atoms with Crippen molar-refractivity contribution >= 4 is 54.0 Å². The van der Waals surface area contributed by atoms with Gasteiger partial charge in [0.25, 0.3) is 0 Å². The summed E-state index contributed by atoms with van der Waals surface area (Å²) in [5, 5.41) is 19.0. The third-order valence-electron chi connectivity index (χ3n) is 11.5. The summed E-state index contributed by atoms with van der Waals surface area (Å²) in [5.74, 6) is -3.83. The number of nitrogens with one attached hydrogen (secondary N) is 7. The number of nitrogens with zero attached hydrogens (tertiary/aromatic N) is 1. The molecule has 1 aliphatic rings. The van der Waals surface area contributed by atoms with Crippen molar-refractivity contribution in [3.63, 3.8) is 0 Å². The Kier molecular flexibility index (Phi) is 24.9. The fraction of sp³-hybridized carbons (Fsp3) is 0.632. The van der Waals surface area contributed by atoms with E-state index in [1.807, 2.05) is 19.9 Å². The predicted octanol–water partition coefficient (Wildman–Crippen LogP) is 6.12. The van der Waals surface area contributed by atoms with Crippen LogP contribution in [0.4, 0.5) is 19.2 Å². The zero-order chi connectivity index (χ0) is 59.4. The van der Waals surface area contributed by atoms with Crippen LogP contribution in [0.3, 0.4) is 0 Å². The molecule has 22 nitrogen and oxygen atoms in total. The van der Waals surface area contributed by atoms with Gasteiger partial charge in [-0.3, -0.25) is 19.2 Å². The van der Waals surface area contributed by atoms with Crippen LogP contribution in [0.1, 0.15) is 140 Å². The van der Waals surface area contributed by atoms with Crippen molar-refractivity contribution in [3.05, 3.63) is 71.8 Å². The number of ether oxygens (including phenoxy) is 5. The number of amides is 8. The smallest absolute Gasteiger partial charge is 0.408 e. The van der Waals surface area contributed by atoms with Crippen molar-refractivity contribution in [2.24, 2.45) is 5.92 Å². The number of carbonyl (C=O) groups is 9. The van der Waals surface area contributed by atoms with Crippen LogP contribution in [0.25, 0.3) is 0 Å². The highest BCUT2D eigenvalue weighted by Crippen LogP contribution is 2.26. The van der Waals surface area contributed by atoms with E-state index in [-0.39, 0.29) is 64.3 Å². The number of alkyl carbamates (subject to hydrolysis) is 4. The third kappa shape index (κ3) is 25.9. The first kappa shape index (κ1) is 66.2. The molecule has 1 aliphatic heterocycles. The lowest BCUT2D eigenvalue weighted by Gasteiger charge is -2.31. The minimum Gasteiger partial charge on any atom is -0.462 e. The molecule has 440 valence electrons. The number of benzene rings is 2. The lowest BCUT2D eigenvalue weighted by Crippen LogP contribution is -2.60. The summed E-state index contributed by atoms with van der Waals surface area (Å²) < 4.78 is 27.2. The summed E-state index contributed by atoms with van der Waals surface area (Å²) in [5.41, 5.74) is -3.76. The third-order valence-corrected chi connectivity index (χ3v) is 11.5. The first-order valence-corrected chi connectivity index (χ1v) is 27.0. The summed E-state index contributed by atoms with van der Waals surface area (Å²) >= 11 is 0. The van der Waals surface area contributed by atoms with Gasteiger partial charge in [0.1, 0.15) is 53.2 Å². The first-order valence-electron chi connectivity index (χ1n) is 27.0. The van der Waals surface area contributed by atoms with E-state index in [4.69, 9.17) is 23.7 Å². The predicted molar refractivity (Wildman–Crippen MR) is 295 cm³/mol. The number of carbonyl (C=O) groups excluding carboxylic acids is 9. The molecule has 2 aromatic rings. The largest absolute Gasteiger partial charge is 0.462 e. The number of esters is 1. The fourth-order valence-corrected chi connectivity index (χ4v) is 8.11. The Bertz CT molecular complexity index is 2360. The standard InChI is InChI=1S/C57H88N8O14/c1-37(2)33-41(61-45(67)42(34-38-23-17-15-18-24-38)62-46(68)43(35-39-25-19-16-20-26-39)63-51(73)78-55(9,10)11)44(66)60-40(27-21-22-29-58-49(71)76-53(3,4)5)47(69)65-31-28-57(36-65,64-52(74)79-56(12,13)14)48(70)75-32-30-59-50(72)77-54(6,7)8/h15-20,23-26,37,40-43H,21-22,27-36H2,1-14H3,(H,58,71)(H,59,72)(H,60,66)(H,61,67)(H,62,68)(H,63,73)(H,64,74)/t40-,41-,42-,43-,57?/m1/s1. The first-order chi connectivity index (χ1) is 36.6. The van der Waals surface area contributed by atoms with Gasteiger partial charge in [-0.15, -0.1) is 0 Å². The maximum atomic E-state index is 14.8. The maximum absolute atomic E-state index is 14.8. The van der Waals surface area contributed by atoms with Gasteiger partial charge in [-0.2, -0.15) is 0 Å². The summed E-state index contributed by atoms with van der Waals surface area (Å²) in [7, 11) is 0. The van der Waals surface area contributed by atoms with Crippen LogP contribution < -0.4 is 37.2 Å². The Hall–Kier alpha value is -7.13. The van der Waals surface area contributed by atoms with Crippen LogP contribution in [0.5, 0.6) is 0 Å². The minimum absolute atomic E-state index is 0.00586. The van der Waals surface area contributed by atoms with Gasteiger partial charge >= 0.3 is 30.3 Å². The van der Waals surface area contributed by atoms with E-state index >= 15 is 0 Å². The summed E-state index contributed by atoms with van der Waals surface area (Å²) in [6.07, 6.45) is -2.44. The molecule has 0 aliphatic carbocycles. The highest BCUT2D eigenvalue weighted by atomic mass is 16.6. The van der Waals surface area contributed by atoms with E-state index in [0.29, 0.717) is 18.4 Å². The molecule has 0 aromatic heterocycles. The van der Waals surface area contributed by atoms with E-state index in [1.165, 1.54) is 4.90 Å². The number of hydrogen-bond donors (Lipinski definition) is 7. The van der Waals surface area contributed by atoms with Crippen molar-refractivity contribution in [2.45, 2.75) is 194 Å². The summed E-state index contributed by atoms with van der Waals surface area (Å²) in [4.78, 5) is 125. The topological polar surface area (TPSA) is 287 Å². The van der Waals surface area contributed by atoms with Gasteiger partial charge in [-0.1, -0.05) is 74.5 Å². The normalized spacial score (nSPS) is 16.2. The van der Waals surface area contributed by atoms with Crippen molar-refractivity contribution in [1.29, 1.82) is 0 Å². The van der Waals surface area contributed by atoms with Crippen LogP contribution in [0.2, 0.25) is 0 Å². The van der Waals surface area contributed by atoms with Crippen molar-refractivity contribution in [2.75, 3.05) is 32.8 Å². The summed E-state index contributed by atoms with van der Waals surface area (Å²) in [6, 6.07) is 13.0. The van der Waals surface area contributed by atoms with Gasteiger partial charge < -0.3 is 65.8 Å². The molecule has 1 fully saturated rings. The van der Waals surface area contributed by atoms with Gasteiger partial charge in [-0.25, -0.2) is 24.0 Å². The molecule has 0 bridgehead atoms. The van der Waals surface area contributed by atoms with Gasteiger partial charge in [0.15, 0.2) is 5.54 Å². The second kappa shape index (κ2) is 29.7. The number of likely N-dealkylation sites (tertiary alicyclic amines) is 1. The second-order valence-electron chi connectivity index (χ2n) is 24.1. The van der Waals surface area contributed by atoms with E-state index in [2.05, 4.69) is 37.2 Å². The molecule has 1 heterocycles. The molecule has 3 rings (SSSR count). The highest BCUT2D eigenvalue weighted by molar-refractivity contribution is 5.96. The Morgan fingerprint density at radius 1 is 0.532 bits per heavy atom. The van der Waals surface area contributed by atoms with Gasteiger partial charge in [-0.05, 0) is 126 Å². The monoisotopic (exact) mass is 1110 g/mol. The molecule has 0 radical (unpaired) electrons. The molecular weight excluding hydrogens is 1020 g/mol. The maximum Gasteiger partial charge on any atom is 0.408 e. The molecule has 5 atom stereocenters. The molecule has 22 heteroatoms. The van der Waals surface area contributed by atoms with E-state index in [9.17, 15) is 43.2 Å². The molecule has 79 heavy (non-hydrogen) atoms. The van der Waals surface area contributed by atoms with Crippen LogP contribution in [-0.2, 0) is 60.5 Å². The Morgan fingerprint density at radius 3 is 1.46 bits per heavy atom. The lowest BCUT2D eigenvalue weighted by atomic mass is 9.98. The van der Waals surface area contributed by atoms with E-state index < -0.39 is 113 Å². The Morgan fingerprint density at radius 2 is 0.962 bits per heavy atom. The molecule has 7 N–H and O–H groups in total. The molecule has 0 spiro atoms. The van der Waals surface area contributed by atoms with Crippen molar-refractivity contribution < 1.29 is 66.8 Å². The molecule has 1 saturated heterocycles. The van der Waals surface area contributed by atoms with Crippen molar-refractivity contribution in [3.8, 4) is 0 Å². The number of rotatable bonds is 24. The Balaban J connectivity index is 1.97. The quantitative estimate of drug-likeness (QED) is 0.0354. The van der Waals surface area contributed by atoms with Gasteiger partial charge in [0.2, 0.25) is 23.6 Å². The van der Waals surface area contributed by atoms with Gasteiger partial charge in [0, 0.05) is 32.4 Å². The molecule has 1 unspecified atom stereocenters. The van der Waals surface area contributed by atoms with E-state index in [1.54, 1.807) is 138 Å². The SMILES string of the molecule is CC(C)C[C@@H](NC(=O)[C@@H](Cc1ccccc1)NC(=O)[C@@H](Cc1ccccc1)NC(=O)OC(C)(C)C)C(=O)N[C@H](CCCCNC(=O)OC(C)(C)C)C(=O)N1CCC(NC(=O)OC(C)(C)C)(C(=O)OCCNC(=O)OC(C)(C)C)C1. The molecule has 8 amide bonds. The Labute approximate surface area is 466 Å². The minimum atomic E-state index is -1.81. The zero-order valence-electron chi connectivity index (χ0n) is 48.8. The molecule has 0 saturated carbocycles. The van der Waals surface area contributed by atoms with Crippen LogP contribution in [0, 0.1) is 5.92 Å². The fourth-order valence-electron chi connectivity index (χ4n) is 8.11. The molecular formula is C57H88N8O14. The highest BCUT2D eigenvalue weighted by Gasteiger charge is 2.50. The average molecular weight is 1110 g/mol. The van der Waals surface area contributed by atoms with Crippen LogP contribution >= 0.6 is 0 Å². The zero-order valence-corrected chi connectivity index (χ0v) is 48.8. The average Bonchev–Trinajstić information content (AvgIpc) is 3.75. The van der Waals surface area contributed by atoms with Gasteiger partial charge in [0.05, 0.1) is 13.1 Å². The lowest BCUT2D eigenvalue weighted by molar-refractivity contribution is -0.151. The van der Waals surface area contributed by atoms with Crippen LogP contribution in [0.15, 0.2) is 60.7 Å². The number of unbranched alkanes of at least 4 members (excludes halogenated alkanes) is 1. The van der Waals surface area contributed by atoms with Crippen molar-refractivity contribution in [1.82, 2.24) is 42.1 Å². The second-order valence-corrected chi connectivity index (χ2v) is 24.1. The number of hydrogen-bond acceptors (Lipinski definition) is 14. The molecule has 2 aromatic carbocycles.